The van der Waals surface area contributed by atoms with Crippen LogP contribution in [0.3, 0.4) is 0 Å². The van der Waals surface area contributed by atoms with Crippen molar-refractivity contribution < 1.29 is 9.32 Å². The second-order valence-corrected chi connectivity index (χ2v) is 6.69. The highest BCUT2D eigenvalue weighted by Crippen LogP contribution is 2.22. The molecule has 4 heterocycles. The molecule has 144 valence electrons. The highest BCUT2D eigenvalue weighted by Gasteiger charge is 2.16. The van der Waals surface area contributed by atoms with Crippen molar-refractivity contribution in [2.45, 2.75) is 19.9 Å². The molecule has 0 radical (unpaired) electrons. The molecular weight excluding hydrogens is 370 g/mol. The summed E-state index contributed by atoms with van der Waals surface area (Å²) in [7, 11) is 0. The van der Waals surface area contributed by atoms with Crippen LogP contribution < -0.4 is 5.32 Å². The molecule has 9 heteroatoms. The van der Waals surface area contributed by atoms with Crippen LogP contribution in [0.4, 0.5) is 0 Å². The van der Waals surface area contributed by atoms with Crippen LogP contribution in [0.25, 0.3) is 28.0 Å². The van der Waals surface area contributed by atoms with E-state index in [9.17, 15) is 4.79 Å². The van der Waals surface area contributed by atoms with Gasteiger partial charge in [0.2, 0.25) is 5.91 Å². The molecular formula is C20H17N7O2. The van der Waals surface area contributed by atoms with Crippen LogP contribution in [0, 0.1) is 6.92 Å². The lowest BCUT2D eigenvalue weighted by atomic mass is 10.1. The van der Waals surface area contributed by atoms with E-state index in [1.165, 1.54) is 0 Å². The van der Waals surface area contributed by atoms with E-state index in [0.717, 1.165) is 16.5 Å². The maximum absolute atomic E-state index is 12.5. The van der Waals surface area contributed by atoms with E-state index in [1.54, 1.807) is 11.3 Å². The number of hydrogen-bond donors (Lipinski definition) is 2. The van der Waals surface area contributed by atoms with Crippen LogP contribution in [0.2, 0.25) is 0 Å². The van der Waals surface area contributed by atoms with Crippen LogP contribution in [0.15, 0.2) is 53.3 Å². The van der Waals surface area contributed by atoms with Gasteiger partial charge in [0.15, 0.2) is 17.3 Å². The van der Waals surface area contributed by atoms with Gasteiger partial charge >= 0.3 is 0 Å². The first kappa shape index (κ1) is 17.1. The number of amides is 1. The zero-order chi connectivity index (χ0) is 19.8. The number of hydrogen-bond acceptors (Lipinski definition) is 6. The second kappa shape index (κ2) is 6.86. The van der Waals surface area contributed by atoms with E-state index in [2.05, 4.69) is 30.6 Å². The first-order valence-electron chi connectivity index (χ1n) is 9.14. The summed E-state index contributed by atoms with van der Waals surface area (Å²) in [4.78, 5) is 19.9. The molecule has 0 saturated carbocycles. The SMILES string of the molecule is Cc1noc(-c2cccn3c(CNC(=O)Cc4c[nH]c5ccccc45)nnc23)n1. The van der Waals surface area contributed by atoms with Crippen molar-refractivity contribution >= 4 is 22.5 Å². The summed E-state index contributed by atoms with van der Waals surface area (Å²) in [5.74, 6) is 1.46. The topological polar surface area (TPSA) is 114 Å². The Morgan fingerprint density at radius 3 is 2.97 bits per heavy atom. The number of fused-ring (bicyclic) bond motifs is 2. The van der Waals surface area contributed by atoms with Crippen molar-refractivity contribution in [3.63, 3.8) is 0 Å². The summed E-state index contributed by atoms with van der Waals surface area (Å²) in [6.45, 7) is 2.01. The molecule has 0 unspecified atom stereocenters. The minimum Gasteiger partial charge on any atom is -0.361 e. The first-order valence-corrected chi connectivity index (χ1v) is 9.14. The van der Waals surface area contributed by atoms with Gasteiger partial charge in [-0.05, 0) is 30.7 Å². The minimum absolute atomic E-state index is 0.0878. The fraction of sp³-hybridized carbons (Fsp3) is 0.150. The van der Waals surface area contributed by atoms with Crippen molar-refractivity contribution in [3.05, 3.63) is 66.0 Å². The Balaban J connectivity index is 1.34. The van der Waals surface area contributed by atoms with Gasteiger partial charge < -0.3 is 14.8 Å². The zero-order valence-corrected chi connectivity index (χ0v) is 15.6. The van der Waals surface area contributed by atoms with E-state index in [-0.39, 0.29) is 18.9 Å². The quantitative estimate of drug-likeness (QED) is 0.479. The van der Waals surface area contributed by atoms with Gasteiger partial charge in [-0.2, -0.15) is 4.98 Å². The second-order valence-electron chi connectivity index (χ2n) is 6.69. The van der Waals surface area contributed by atoms with Gasteiger partial charge in [-0.3, -0.25) is 9.20 Å². The monoisotopic (exact) mass is 387 g/mol. The van der Waals surface area contributed by atoms with Gasteiger partial charge in [0, 0.05) is 23.3 Å². The number of para-hydroxylation sites is 1. The van der Waals surface area contributed by atoms with Gasteiger partial charge in [0.1, 0.15) is 0 Å². The molecule has 0 aliphatic carbocycles. The predicted octanol–water partition coefficient (Wildman–Crippen LogP) is 2.43. The molecule has 1 amide bonds. The Bertz CT molecular complexity index is 1330. The van der Waals surface area contributed by atoms with Crippen LogP contribution in [-0.2, 0) is 17.8 Å². The Hall–Kier alpha value is -4.01. The number of aryl methyl sites for hydroxylation is 1. The fourth-order valence-electron chi connectivity index (χ4n) is 3.35. The van der Waals surface area contributed by atoms with Crippen LogP contribution in [0.5, 0.6) is 0 Å². The number of carbonyl (C=O) groups excluding carboxylic acids is 1. The molecule has 4 aromatic heterocycles. The Kier molecular flexibility index (Phi) is 4.05. The highest BCUT2D eigenvalue weighted by atomic mass is 16.5. The van der Waals surface area contributed by atoms with E-state index in [1.807, 2.05) is 48.8 Å². The number of nitrogens with zero attached hydrogens (tertiary/aromatic N) is 5. The first-order chi connectivity index (χ1) is 14.2. The largest absolute Gasteiger partial charge is 0.361 e. The van der Waals surface area contributed by atoms with Crippen LogP contribution >= 0.6 is 0 Å². The maximum atomic E-state index is 12.5. The summed E-state index contributed by atoms with van der Waals surface area (Å²) >= 11 is 0. The predicted molar refractivity (Wildman–Crippen MR) is 105 cm³/mol. The number of H-pyrrole nitrogens is 1. The molecule has 9 nitrogen and oxygen atoms in total. The number of benzene rings is 1. The third kappa shape index (κ3) is 3.12. The molecule has 0 aliphatic heterocycles. The molecule has 29 heavy (non-hydrogen) atoms. The molecule has 2 N–H and O–H groups in total. The Morgan fingerprint density at radius 1 is 1.21 bits per heavy atom. The molecule has 1 aromatic carbocycles. The third-order valence-electron chi connectivity index (χ3n) is 4.73. The summed E-state index contributed by atoms with van der Waals surface area (Å²) in [6.07, 6.45) is 3.99. The lowest BCUT2D eigenvalue weighted by molar-refractivity contribution is -0.120. The normalized spacial score (nSPS) is 11.3. The third-order valence-corrected chi connectivity index (χ3v) is 4.73. The Labute approximate surface area is 164 Å². The van der Waals surface area contributed by atoms with E-state index >= 15 is 0 Å². The number of aromatic nitrogens is 6. The summed E-state index contributed by atoms with van der Waals surface area (Å²) < 4.78 is 7.05. The average Bonchev–Trinajstić information content (AvgIpc) is 3.45. The summed E-state index contributed by atoms with van der Waals surface area (Å²) in [5.41, 5.74) is 3.26. The number of aromatic amines is 1. The van der Waals surface area contributed by atoms with Gasteiger partial charge in [-0.25, -0.2) is 0 Å². The molecule has 0 saturated heterocycles. The van der Waals surface area contributed by atoms with Crippen molar-refractivity contribution in [1.82, 2.24) is 35.0 Å². The van der Waals surface area contributed by atoms with Crippen LogP contribution in [-0.4, -0.2) is 35.6 Å². The lowest BCUT2D eigenvalue weighted by Crippen LogP contribution is -2.25. The molecule has 0 aliphatic rings. The molecule has 5 rings (SSSR count). The van der Waals surface area contributed by atoms with Crippen molar-refractivity contribution in [2.24, 2.45) is 0 Å². The van der Waals surface area contributed by atoms with Gasteiger partial charge in [-0.15, -0.1) is 10.2 Å². The van der Waals surface area contributed by atoms with Gasteiger partial charge in [0.05, 0.1) is 18.5 Å². The summed E-state index contributed by atoms with van der Waals surface area (Å²) in [6, 6.07) is 11.6. The van der Waals surface area contributed by atoms with E-state index in [0.29, 0.717) is 28.8 Å². The lowest BCUT2D eigenvalue weighted by Gasteiger charge is -2.04. The summed E-state index contributed by atoms with van der Waals surface area (Å²) in [5, 5.41) is 16.2. The van der Waals surface area contributed by atoms with E-state index in [4.69, 9.17) is 4.52 Å². The molecule has 0 spiro atoms. The fourth-order valence-corrected chi connectivity index (χ4v) is 3.35. The standard InChI is InChI=1S/C20H17N7O2/c1-12-23-20(29-26-12)15-6-4-8-27-17(24-25-19(15)27)11-22-18(28)9-13-10-21-16-7-3-2-5-14(13)16/h2-8,10,21H,9,11H2,1H3,(H,22,28). The average molecular weight is 387 g/mol. The Morgan fingerprint density at radius 2 is 2.10 bits per heavy atom. The number of rotatable bonds is 5. The smallest absolute Gasteiger partial charge is 0.261 e. The van der Waals surface area contributed by atoms with Crippen molar-refractivity contribution in [1.29, 1.82) is 0 Å². The van der Waals surface area contributed by atoms with Gasteiger partial charge in [0.25, 0.3) is 5.89 Å². The van der Waals surface area contributed by atoms with Crippen LogP contribution in [0.1, 0.15) is 17.2 Å². The number of carbonyl (C=O) groups is 1. The van der Waals surface area contributed by atoms with Crippen molar-refractivity contribution in [3.8, 4) is 11.5 Å². The number of nitrogens with one attached hydrogen (secondary N) is 2. The minimum atomic E-state index is -0.0878. The molecule has 5 aromatic rings. The maximum Gasteiger partial charge on any atom is 0.261 e. The molecule has 0 fully saturated rings. The zero-order valence-electron chi connectivity index (χ0n) is 15.6. The molecule has 0 atom stereocenters. The van der Waals surface area contributed by atoms with Gasteiger partial charge in [-0.1, -0.05) is 23.4 Å². The van der Waals surface area contributed by atoms with E-state index < -0.39 is 0 Å². The highest BCUT2D eigenvalue weighted by molar-refractivity contribution is 5.88. The molecule has 0 bridgehead atoms. The number of pyridine rings is 1. The van der Waals surface area contributed by atoms with Crippen molar-refractivity contribution in [2.75, 3.05) is 0 Å².